The third kappa shape index (κ3) is 4.30. The molecule has 0 saturated carbocycles. The molecule has 3 aromatic rings. The first-order valence-corrected chi connectivity index (χ1v) is 10.4. The predicted molar refractivity (Wildman–Crippen MR) is 111 cm³/mol. The first-order chi connectivity index (χ1) is 13.2. The van der Waals surface area contributed by atoms with Crippen molar-refractivity contribution >= 4 is 28.4 Å². The van der Waals surface area contributed by atoms with Crippen molar-refractivity contribution in [1.29, 1.82) is 0 Å². The largest absolute Gasteiger partial charge is 0.342 e. The minimum atomic E-state index is 0.201. The number of hydrogen-bond donors (Lipinski definition) is 0. The van der Waals surface area contributed by atoms with Gasteiger partial charge in [-0.2, -0.15) is 0 Å². The van der Waals surface area contributed by atoms with E-state index in [1.165, 1.54) is 22.5 Å². The van der Waals surface area contributed by atoms with Gasteiger partial charge in [0.2, 0.25) is 5.91 Å². The highest BCUT2D eigenvalue weighted by Gasteiger charge is 2.20. The normalized spacial score (nSPS) is 15.2. The topological polar surface area (TPSA) is 46.1 Å². The summed E-state index contributed by atoms with van der Waals surface area (Å²) < 4.78 is 0. The quantitative estimate of drug-likeness (QED) is 0.621. The number of carbonyl (C=O) groups is 1. The molecule has 1 aliphatic heterocycles. The average molecular weight is 378 g/mol. The van der Waals surface area contributed by atoms with Crippen molar-refractivity contribution in [1.82, 2.24) is 15.1 Å². The van der Waals surface area contributed by atoms with Crippen molar-refractivity contribution in [3.05, 3.63) is 54.6 Å². The molecule has 0 N–H and O–H groups in total. The summed E-state index contributed by atoms with van der Waals surface area (Å²) in [6, 6.07) is 18.5. The molecule has 0 unspecified atom stereocenters. The van der Waals surface area contributed by atoms with Gasteiger partial charge in [0.05, 0.1) is 11.4 Å². The fourth-order valence-corrected chi connectivity index (χ4v) is 4.10. The van der Waals surface area contributed by atoms with Crippen LogP contribution in [-0.4, -0.2) is 39.8 Å². The van der Waals surface area contributed by atoms with Crippen LogP contribution in [0.25, 0.3) is 22.0 Å². The van der Waals surface area contributed by atoms with Gasteiger partial charge in [0, 0.05) is 18.7 Å². The van der Waals surface area contributed by atoms with E-state index >= 15 is 0 Å². The molecule has 0 atom stereocenters. The van der Waals surface area contributed by atoms with Crippen LogP contribution >= 0.6 is 11.8 Å². The smallest absolute Gasteiger partial charge is 0.232 e. The molecule has 4 rings (SSSR count). The lowest BCUT2D eigenvalue weighted by Gasteiger charge is -2.30. The van der Waals surface area contributed by atoms with E-state index in [2.05, 4.69) is 47.5 Å². The Morgan fingerprint density at radius 1 is 1.04 bits per heavy atom. The summed E-state index contributed by atoms with van der Waals surface area (Å²) in [6.07, 6.45) is 2.22. The molecule has 1 aliphatic rings. The third-order valence-corrected chi connectivity index (χ3v) is 6.07. The number of aromatic nitrogens is 2. The Bertz CT molecular complexity index is 934. The minimum Gasteiger partial charge on any atom is -0.342 e. The molecule has 0 bridgehead atoms. The molecule has 138 valence electrons. The fourth-order valence-electron chi connectivity index (χ4n) is 3.38. The maximum absolute atomic E-state index is 12.3. The minimum absolute atomic E-state index is 0.201. The molecule has 4 nitrogen and oxygen atoms in total. The van der Waals surface area contributed by atoms with E-state index in [1.54, 1.807) is 0 Å². The number of piperidine rings is 1. The molecule has 1 amide bonds. The van der Waals surface area contributed by atoms with Gasteiger partial charge < -0.3 is 4.90 Å². The zero-order valence-corrected chi connectivity index (χ0v) is 16.3. The van der Waals surface area contributed by atoms with Crippen LogP contribution in [0.3, 0.4) is 0 Å². The first kappa shape index (κ1) is 18.0. The van der Waals surface area contributed by atoms with E-state index in [-0.39, 0.29) is 5.91 Å². The lowest BCUT2D eigenvalue weighted by Crippen LogP contribution is -2.38. The lowest BCUT2D eigenvalue weighted by molar-refractivity contribution is -0.129. The monoisotopic (exact) mass is 377 g/mol. The number of hydrogen-bond acceptors (Lipinski definition) is 4. The number of rotatable bonds is 4. The second-order valence-corrected chi connectivity index (χ2v) is 8.17. The summed E-state index contributed by atoms with van der Waals surface area (Å²) in [4.78, 5) is 14.3. The average Bonchev–Trinajstić information content (AvgIpc) is 2.72. The van der Waals surface area contributed by atoms with E-state index < -0.39 is 0 Å². The Hall–Kier alpha value is -2.40. The molecule has 2 aromatic carbocycles. The van der Waals surface area contributed by atoms with Crippen LogP contribution in [0.2, 0.25) is 0 Å². The Kier molecular flexibility index (Phi) is 5.39. The summed E-state index contributed by atoms with van der Waals surface area (Å²) >= 11 is 1.46. The van der Waals surface area contributed by atoms with Crippen molar-refractivity contribution in [2.75, 3.05) is 18.8 Å². The molecule has 1 aromatic heterocycles. The number of carbonyl (C=O) groups excluding carboxylic acids is 1. The van der Waals surface area contributed by atoms with Crippen LogP contribution in [0.15, 0.2) is 59.6 Å². The summed E-state index contributed by atoms with van der Waals surface area (Å²) in [5.74, 6) is 1.36. The molecule has 1 saturated heterocycles. The summed E-state index contributed by atoms with van der Waals surface area (Å²) in [7, 11) is 0. The molecule has 2 heterocycles. The first-order valence-electron chi connectivity index (χ1n) is 9.42. The van der Waals surface area contributed by atoms with Gasteiger partial charge in [-0.3, -0.25) is 4.79 Å². The molecule has 5 heteroatoms. The van der Waals surface area contributed by atoms with Crippen LogP contribution < -0.4 is 0 Å². The molecule has 0 radical (unpaired) electrons. The molecule has 1 fully saturated rings. The second-order valence-electron chi connectivity index (χ2n) is 7.17. The standard InChI is InChI=1S/C22H23N3OS/c1-16-10-12-25(13-11-16)22(26)15-27-21-9-8-20(23-24-21)19-7-6-17-4-2-3-5-18(17)14-19/h2-9,14,16H,10-13,15H2,1H3. The molecule has 0 spiro atoms. The zero-order valence-electron chi connectivity index (χ0n) is 15.5. The maximum atomic E-state index is 12.3. The van der Waals surface area contributed by atoms with Crippen molar-refractivity contribution < 1.29 is 4.79 Å². The van der Waals surface area contributed by atoms with Gasteiger partial charge in [-0.15, -0.1) is 10.2 Å². The van der Waals surface area contributed by atoms with Gasteiger partial charge in [-0.25, -0.2) is 0 Å². The Morgan fingerprint density at radius 3 is 2.56 bits per heavy atom. The summed E-state index contributed by atoms with van der Waals surface area (Å²) in [6.45, 7) is 4.02. The van der Waals surface area contributed by atoms with Crippen LogP contribution in [0.1, 0.15) is 19.8 Å². The van der Waals surface area contributed by atoms with E-state index in [0.29, 0.717) is 5.75 Å². The van der Waals surface area contributed by atoms with Crippen molar-refractivity contribution in [2.45, 2.75) is 24.8 Å². The molecule has 0 aliphatic carbocycles. The number of amides is 1. The summed E-state index contributed by atoms with van der Waals surface area (Å²) in [5.41, 5.74) is 1.90. The zero-order chi connectivity index (χ0) is 18.6. The van der Waals surface area contributed by atoms with Crippen LogP contribution in [-0.2, 0) is 4.79 Å². The maximum Gasteiger partial charge on any atom is 0.232 e. The van der Waals surface area contributed by atoms with Gasteiger partial charge >= 0.3 is 0 Å². The molecular formula is C22H23N3OS. The van der Waals surface area contributed by atoms with Crippen molar-refractivity contribution in [2.24, 2.45) is 5.92 Å². The van der Waals surface area contributed by atoms with Gasteiger partial charge in [-0.05, 0) is 47.7 Å². The lowest BCUT2D eigenvalue weighted by atomic mass is 9.99. The highest BCUT2D eigenvalue weighted by Crippen LogP contribution is 2.24. The highest BCUT2D eigenvalue weighted by atomic mass is 32.2. The molecular weight excluding hydrogens is 354 g/mol. The number of fused-ring (bicyclic) bond motifs is 1. The SMILES string of the molecule is CC1CCN(C(=O)CSc2ccc(-c3ccc4ccccc4c3)nn2)CC1. The number of likely N-dealkylation sites (tertiary alicyclic amines) is 1. The fraction of sp³-hybridized carbons (Fsp3) is 0.318. The van der Waals surface area contributed by atoms with E-state index in [9.17, 15) is 4.79 Å². The Balaban J connectivity index is 1.39. The van der Waals surface area contributed by atoms with Crippen LogP contribution in [0.4, 0.5) is 0 Å². The number of thioether (sulfide) groups is 1. The van der Waals surface area contributed by atoms with Gasteiger partial charge in [0.15, 0.2) is 0 Å². The van der Waals surface area contributed by atoms with E-state index in [1.807, 2.05) is 29.2 Å². The van der Waals surface area contributed by atoms with Gasteiger partial charge in [-0.1, -0.05) is 55.1 Å². The Morgan fingerprint density at radius 2 is 1.81 bits per heavy atom. The van der Waals surface area contributed by atoms with Gasteiger partial charge in [0.25, 0.3) is 0 Å². The Labute approximate surface area is 164 Å². The van der Waals surface area contributed by atoms with E-state index in [0.717, 1.165) is 48.1 Å². The van der Waals surface area contributed by atoms with E-state index in [4.69, 9.17) is 0 Å². The second kappa shape index (κ2) is 8.09. The van der Waals surface area contributed by atoms with Crippen molar-refractivity contribution in [3.63, 3.8) is 0 Å². The third-order valence-electron chi connectivity index (χ3n) is 5.17. The number of nitrogens with zero attached hydrogens (tertiary/aromatic N) is 3. The molecule has 27 heavy (non-hydrogen) atoms. The highest BCUT2D eigenvalue weighted by molar-refractivity contribution is 7.99. The van der Waals surface area contributed by atoms with Gasteiger partial charge in [0.1, 0.15) is 5.03 Å². The van der Waals surface area contributed by atoms with Crippen molar-refractivity contribution in [3.8, 4) is 11.3 Å². The van der Waals surface area contributed by atoms with Crippen LogP contribution in [0.5, 0.6) is 0 Å². The summed E-state index contributed by atoms with van der Waals surface area (Å²) in [5, 5.41) is 11.9. The van der Waals surface area contributed by atoms with Crippen LogP contribution in [0, 0.1) is 5.92 Å². The predicted octanol–water partition coefficient (Wildman–Crippen LogP) is 4.65. The number of benzene rings is 2.